The van der Waals surface area contributed by atoms with Crippen LogP contribution in [-0.4, -0.2) is 10.7 Å². The van der Waals surface area contributed by atoms with E-state index in [1.54, 1.807) is 0 Å². The lowest BCUT2D eigenvalue weighted by Crippen LogP contribution is -2.36. The van der Waals surface area contributed by atoms with Crippen LogP contribution in [0.1, 0.15) is 38.2 Å². The third-order valence-electron chi connectivity index (χ3n) is 3.60. The molecule has 0 aliphatic heterocycles. The van der Waals surface area contributed by atoms with E-state index >= 15 is 0 Å². The fourth-order valence-electron chi connectivity index (χ4n) is 2.81. The van der Waals surface area contributed by atoms with Crippen molar-refractivity contribution in [2.45, 2.75) is 44.6 Å². The van der Waals surface area contributed by atoms with Gasteiger partial charge in [-0.3, -0.25) is 0 Å². The number of hydrogen-bond acceptors (Lipinski definition) is 1. The molecule has 1 aliphatic carbocycles. The molecule has 0 spiro atoms. The second-order valence-corrected chi connectivity index (χ2v) is 6.66. The van der Waals surface area contributed by atoms with Crippen LogP contribution in [-0.2, 0) is 6.42 Å². The first-order valence-corrected chi connectivity index (χ1v) is 7.32. The van der Waals surface area contributed by atoms with Crippen molar-refractivity contribution in [3.63, 3.8) is 0 Å². The highest BCUT2D eigenvalue weighted by atomic mass is 79.9. The zero-order valence-electron chi connectivity index (χ0n) is 10.0. The Morgan fingerprint density at radius 2 is 2.29 bits per heavy atom. The third-order valence-corrected chi connectivity index (χ3v) is 4.45. The molecule has 2 atom stereocenters. The molecule has 0 bridgehead atoms. The Bertz CT molecular complexity index is 407. The number of hydrogen-bond donors (Lipinski definition) is 1. The van der Waals surface area contributed by atoms with Crippen LogP contribution in [0.25, 0.3) is 0 Å². The molecule has 0 radical (unpaired) electrons. The smallest absolute Gasteiger partial charge is 0.0691 e. The predicted molar refractivity (Wildman–Crippen MR) is 75.4 cm³/mol. The Labute approximate surface area is 116 Å². The molecule has 1 nitrogen and oxygen atoms in total. The minimum absolute atomic E-state index is 0.560. The normalized spacial score (nSPS) is 29.3. The van der Waals surface area contributed by atoms with Crippen molar-refractivity contribution in [1.82, 2.24) is 0 Å². The van der Waals surface area contributed by atoms with E-state index in [0.29, 0.717) is 12.3 Å². The zero-order valence-corrected chi connectivity index (χ0v) is 12.4. The van der Waals surface area contributed by atoms with Crippen molar-refractivity contribution in [1.29, 1.82) is 0 Å². The molecule has 1 aromatic carbocycles. The average Bonchev–Trinajstić information content (AvgIpc) is 2.22. The van der Waals surface area contributed by atoms with Crippen LogP contribution >= 0.6 is 27.5 Å². The number of aliphatic hydroxyl groups is 1. The highest BCUT2D eigenvalue weighted by Gasteiger charge is 2.33. The highest BCUT2D eigenvalue weighted by Crippen LogP contribution is 2.36. The minimum atomic E-state index is -0.560. The summed E-state index contributed by atoms with van der Waals surface area (Å²) in [6, 6.07) is 5.88. The molecule has 3 heteroatoms. The molecule has 94 valence electrons. The molecule has 0 heterocycles. The average molecular weight is 318 g/mol. The molecule has 1 fully saturated rings. The summed E-state index contributed by atoms with van der Waals surface area (Å²) < 4.78 is 0.982. The lowest BCUT2D eigenvalue weighted by atomic mass is 9.76. The predicted octanol–water partition coefficient (Wildman–Crippen LogP) is 4.59. The second-order valence-electron chi connectivity index (χ2n) is 5.34. The molecular formula is C14H18BrClO. The molecule has 1 aliphatic rings. The van der Waals surface area contributed by atoms with Crippen LogP contribution < -0.4 is 0 Å². The summed E-state index contributed by atoms with van der Waals surface area (Å²) in [5.41, 5.74) is 0.487. The van der Waals surface area contributed by atoms with Gasteiger partial charge in [-0.1, -0.05) is 53.4 Å². The largest absolute Gasteiger partial charge is 0.390 e. The van der Waals surface area contributed by atoms with E-state index in [0.717, 1.165) is 34.3 Å². The molecule has 1 saturated carbocycles. The van der Waals surface area contributed by atoms with Crippen molar-refractivity contribution in [2.75, 3.05) is 0 Å². The van der Waals surface area contributed by atoms with Crippen molar-refractivity contribution < 1.29 is 5.11 Å². The Hall–Kier alpha value is -0.0500. The second kappa shape index (κ2) is 5.29. The van der Waals surface area contributed by atoms with Crippen LogP contribution in [0.2, 0.25) is 5.02 Å². The highest BCUT2D eigenvalue weighted by molar-refractivity contribution is 9.10. The maximum atomic E-state index is 10.6. The lowest BCUT2D eigenvalue weighted by molar-refractivity contribution is -0.0123. The van der Waals surface area contributed by atoms with Gasteiger partial charge in [0.05, 0.1) is 5.60 Å². The first kappa shape index (κ1) is 13.4. The van der Waals surface area contributed by atoms with Gasteiger partial charge in [0.15, 0.2) is 0 Å². The fourth-order valence-corrected chi connectivity index (χ4v) is 3.55. The summed E-state index contributed by atoms with van der Waals surface area (Å²) in [6.07, 6.45) is 4.80. The van der Waals surface area contributed by atoms with Crippen LogP contribution in [0.4, 0.5) is 0 Å². The van der Waals surface area contributed by atoms with Crippen LogP contribution in [0.5, 0.6) is 0 Å². The summed E-state index contributed by atoms with van der Waals surface area (Å²) >= 11 is 9.60. The van der Waals surface area contributed by atoms with E-state index < -0.39 is 5.60 Å². The van der Waals surface area contributed by atoms with Gasteiger partial charge >= 0.3 is 0 Å². The monoisotopic (exact) mass is 316 g/mol. The molecule has 1 N–H and O–H groups in total. The van der Waals surface area contributed by atoms with Gasteiger partial charge < -0.3 is 5.11 Å². The molecular weight excluding hydrogens is 300 g/mol. The summed E-state index contributed by atoms with van der Waals surface area (Å²) in [7, 11) is 0. The number of rotatable bonds is 2. The topological polar surface area (TPSA) is 20.2 Å². The van der Waals surface area contributed by atoms with Gasteiger partial charge in [0.1, 0.15) is 0 Å². The SMILES string of the molecule is CC1CCCC(O)(Cc2ccc(Br)cc2Cl)C1. The molecule has 0 saturated heterocycles. The molecule has 0 amide bonds. The fraction of sp³-hybridized carbons (Fsp3) is 0.571. The van der Waals surface area contributed by atoms with E-state index in [1.165, 1.54) is 6.42 Å². The Morgan fingerprint density at radius 1 is 1.53 bits per heavy atom. The van der Waals surface area contributed by atoms with Gasteiger partial charge in [-0.15, -0.1) is 0 Å². The van der Waals surface area contributed by atoms with E-state index in [2.05, 4.69) is 22.9 Å². The van der Waals surface area contributed by atoms with Crippen LogP contribution in [0.15, 0.2) is 22.7 Å². The number of halogens is 2. The molecule has 1 aromatic rings. The first-order valence-electron chi connectivity index (χ1n) is 6.15. The van der Waals surface area contributed by atoms with Crippen molar-refractivity contribution in [3.05, 3.63) is 33.3 Å². The van der Waals surface area contributed by atoms with Gasteiger partial charge in [0.2, 0.25) is 0 Å². The van der Waals surface area contributed by atoms with E-state index in [1.807, 2.05) is 18.2 Å². The van der Waals surface area contributed by atoms with E-state index in [4.69, 9.17) is 11.6 Å². The van der Waals surface area contributed by atoms with Gasteiger partial charge in [0.25, 0.3) is 0 Å². The van der Waals surface area contributed by atoms with E-state index in [9.17, 15) is 5.11 Å². The Kier molecular flexibility index (Phi) is 4.17. The zero-order chi connectivity index (χ0) is 12.5. The van der Waals surface area contributed by atoms with Gasteiger partial charge in [-0.05, 0) is 36.5 Å². The van der Waals surface area contributed by atoms with Crippen LogP contribution in [0.3, 0.4) is 0 Å². The van der Waals surface area contributed by atoms with Crippen LogP contribution in [0, 0.1) is 5.92 Å². The number of benzene rings is 1. The summed E-state index contributed by atoms with van der Waals surface area (Å²) in [6.45, 7) is 2.22. The van der Waals surface area contributed by atoms with E-state index in [-0.39, 0.29) is 0 Å². The summed E-state index contributed by atoms with van der Waals surface area (Å²) in [5.74, 6) is 0.614. The molecule has 0 aromatic heterocycles. The van der Waals surface area contributed by atoms with Crippen molar-refractivity contribution in [2.24, 2.45) is 5.92 Å². The van der Waals surface area contributed by atoms with Gasteiger partial charge in [0, 0.05) is 15.9 Å². The first-order chi connectivity index (χ1) is 7.98. The van der Waals surface area contributed by atoms with Gasteiger partial charge in [-0.25, -0.2) is 0 Å². The summed E-state index contributed by atoms with van der Waals surface area (Å²) in [4.78, 5) is 0. The van der Waals surface area contributed by atoms with Crippen molar-refractivity contribution >= 4 is 27.5 Å². The van der Waals surface area contributed by atoms with Crippen molar-refractivity contribution in [3.8, 4) is 0 Å². The maximum absolute atomic E-state index is 10.6. The Morgan fingerprint density at radius 3 is 2.94 bits per heavy atom. The molecule has 2 unspecified atom stereocenters. The lowest BCUT2D eigenvalue weighted by Gasteiger charge is -2.36. The standard InChI is InChI=1S/C14H18BrClO/c1-10-3-2-6-14(17,8-10)9-11-4-5-12(15)7-13(11)16/h4-5,7,10,17H,2-3,6,8-9H2,1H3. The Balaban J connectivity index is 2.14. The maximum Gasteiger partial charge on any atom is 0.0691 e. The third kappa shape index (κ3) is 3.46. The molecule has 2 rings (SSSR count). The minimum Gasteiger partial charge on any atom is -0.390 e. The molecule has 17 heavy (non-hydrogen) atoms. The summed E-state index contributed by atoms with van der Waals surface area (Å²) in [5, 5.41) is 11.4. The van der Waals surface area contributed by atoms with Gasteiger partial charge in [-0.2, -0.15) is 0 Å². The quantitative estimate of drug-likeness (QED) is 0.846.